The molecule has 0 saturated carbocycles. The molecule has 0 saturated heterocycles. The van der Waals surface area contributed by atoms with Crippen molar-refractivity contribution in [1.82, 2.24) is 15.0 Å². The van der Waals surface area contributed by atoms with Gasteiger partial charge in [0.1, 0.15) is 33.5 Å². The molecule has 7 nitrogen and oxygen atoms in total. The van der Waals surface area contributed by atoms with Gasteiger partial charge in [0.05, 0.1) is 22.1 Å². The van der Waals surface area contributed by atoms with Gasteiger partial charge in [-0.3, -0.25) is 0 Å². The second-order valence-corrected chi connectivity index (χ2v) is 14.3. The Labute approximate surface area is 331 Å². The number of nitrogens with zero attached hydrogens (tertiary/aromatic N) is 4. The van der Waals surface area contributed by atoms with E-state index in [9.17, 15) is 0 Å². The summed E-state index contributed by atoms with van der Waals surface area (Å²) in [4.78, 5) is 17.6. The lowest BCUT2D eigenvalue weighted by molar-refractivity contribution is 0.668. The van der Waals surface area contributed by atoms with Gasteiger partial charge in [-0.1, -0.05) is 121 Å². The zero-order valence-electron chi connectivity index (χ0n) is 30.8. The summed E-state index contributed by atoms with van der Waals surface area (Å²) in [6, 6.07) is 61.4. The van der Waals surface area contributed by atoms with Crippen LogP contribution in [-0.2, 0) is 0 Å². The van der Waals surface area contributed by atoms with Gasteiger partial charge in [-0.05, 0) is 60.7 Å². The highest BCUT2D eigenvalue weighted by molar-refractivity contribution is 6.21. The van der Waals surface area contributed by atoms with Crippen LogP contribution in [0, 0.1) is 0 Å². The number of benzene rings is 8. The Morgan fingerprint density at radius 1 is 0.328 bits per heavy atom. The maximum Gasteiger partial charge on any atom is 0.164 e. The Morgan fingerprint density at radius 2 is 0.810 bits per heavy atom. The molecule has 0 aliphatic carbocycles. The summed E-state index contributed by atoms with van der Waals surface area (Å²) in [6.45, 7) is 0. The van der Waals surface area contributed by atoms with Crippen LogP contribution in [0.5, 0.6) is 0 Å². The first kappa shape index (κ1) is 32.2. The molecule has 0 N–H and O–H groups in total. The van der Waals surface area contributed by atoms with Crippen LogP contribution in [0.2, 0.25) is 0 Å². The molecule has 0 aliphatic heterocycles. The molecule has 0 aliphatic rings. The second kappa shape index (κ2) is 12.8. The van der Waals surface area contributed by atoms with Crippen LogP contribution in [0.25, 0.3) is 100.0 Å². The molecule has 0 amide bonds. The fourth-order valence-electron chi connectivity index (χ4n) is 8.35. The summed E-state index contributed by atoms with van der Waals surface area (Å²) < 4.78 is 19.5. The van der Waals surface area contributed by atoms with Crippen molar-refractivity contribution >= 4 is 82.9 Å². The molecule has 7 heteroatoms. The van der Waals surface area contributed by atoms with E-state index in [-0.39, 0.29) is 0 Å². The molecule has 12 rings (SSSR count). The van der Waals surface area contributed by atoms with E-state index in [1.165, 1.54) is 0 Å². The molecule has 8 aromatic carbocycles. The summed E-state index contributed by atoms with van der Waals surface area (Å²) in [6.07, 6.45) is 0. The highest BCUT2D eigenvalue weighted by Crippen LogP contribution is 2.49. The van der Waals surface area contributed by atoms with Crippen molar-refractivity contribution in [3.05, 3.63) is 182 Å². The van der Waals surface area contributed by atoms with E-state index in [0.29, 0.717) is 17.5 Å². The van der Waals surface area contributed by atoms with E-state index >= 15 is 0 Å². The Balaban J connectivity index is 1.17. The topological polar surface area (TPSA) is 81.3 Å². The van der Waals surface area contributed by atoms with Crippen LogP contribution in [0.1, 0.15) is 0 Å². The third-order valence-electron chi connectivity index (χ3n) is 10.9. The van der Waals surface area contributed by atoms with Gasteiger partial charge in [0.2, 0.25) is 0 Å². The zero-order chi connectivity index (χ0) is 38.2. The molecule has 12 aromatic rings. The predicted octanol–water partition coefficient (Wildman–Crippen LogP) is 14.0. The molecular formula is C51H30N4O3. The molecule has 0 spiro atoms. The Bertz CT molecular complexity index is 3470. The van der Waals surface area contributed by atoms with E-state index in [1.54, 1.807) is 0 Å². The molecule has 0 unspecified atom stereocenters. The lowest BCUT2D eigenvalue weighted by Gasteiger charge is -2.27. The van der Waals surface area contributed by atoms with Crippen molar-refractivity contribution in [2.75, 3.05) is 4.90 Å². The standard InChI is InChI=1S/C51H30N4O3/c1-3-14-31(15-4-1)49-52-50(32-16-5-2-6-17-32)54-51(53-49)36-20-11-25-44-47(36)48-39(22-13-27-45(48)58-44)55(33-28-29-42-37(30-33)34-18-7-9-23-40(34)56-42)38-21-12-26-43-46(38)35-19-8-10-24-41(35)57-43/h1-30H. The molecular weight excluding hydrogens is 717 g/mol. The highest BCUT2D eigenvalue weighted by Gasteiger charge is 2.26. The summed E-state index contributed by atoms with van der Waals surface area (Å²) >= 11 is 0. The normalized spacial score (nSPS) is 11.8. The number of fused-ring (bicyclic) bond motifs is 9. The van der Waals surface area contributed by atoms with Crippen LogP contribution >= 0.6 is 0 Å². The molecule has 0 atom stereocenters. The zero-order valence-corrected chi connectivity index (χ0v) is 30.8. The van der Waals surface area contributed by atoms with Gasteiger partial charge in [0.15, 0.2) is 17.5 Å². The van der Waals surface area contributed by atoms with Gasteiger partial charge < -0.3 is 18.2 Å². The van der Waals surface area contributed by atoms with E-state index in [1.807, 2.05) is 115 Å². The molecule has 0 bridgehead atoms. The van der Waals surface area contributed by atoms with E-state index < -0.39 is 0 Å². The largest absolute Gasteiger partial charge is 0.456 e. The van der Waals surface area contributed by atoms with Crippen LogP contribution in [0.15, 0.2) is 195 Å². The minimum Gasteiger partial charge on any atom is -0.456 e. The van der Waals surface area contributed by atoms with E-state index in [2.05, 4.69) is 71.6 Å². The first-order chi connectivity index (χ1) is 28.7. The summed E-state index contributed by atoms with van der Waals surface area (Å²) in [5.74, 6) is 1.74. The Kier molecular flexibility index (Phi) is 7.09. The van der Waals surface area contributed by atoms with E-state index in [0.717, 1.165) is 99.6 Å². The smallest absolute Gasteiger partial charge is 0.164 e. The SMILES string of the molecule is c1ccc(-c2nc(-c3ccccc3)nc(-c3cccc4oc5cccc(N(c6ccc7oc8ccccc8c7c6)c6cccc7oc8ccccc8c67)c5c34)n2)cc1. The van der Waals surface area contributed by atoms with Crippen LogP contribution in [0.4, 0.5) is 17.1 Å². The third kappa shape index (κ3) is 5.04. The maximum atomic E-state index is 6.73. The average molecular weight is 747 g/mol. The van der Waals surface area contributed by atoms with Gasteiger partial charge in [0, 0.05) is 43.9 Å². The second-order valence-electron chi connectivity index (χ2n) is 14.3. The summed E-state index contributed by atoms with van der Waals surface area (Å²) in [5.41, 5.74) is 10.3. The van der Waals surface area contributed by atoms with E-state index in [4.69, 9.17) is 28.2 Å². The quantitative estimate of drug-likeness (QED) is 0.168. The predicted molar refractivity (Wildman–Crippen MR) is 233 cm³/mol. The molecule has 0 radical (unpaired) electrons. The molecule has 4 heterocycles. The Morgan fingerprint density at radius 3 is 1.52 bits per heavy atom. The number of aromatic nitrogens is 3. The average Bonchev–Trinajstić information content (AvgIpc) is 3.99. The van der Waals surface area contributed by atoms with Crippen molar-refractivity contribution in [2.24, 2.45) is 0 Å². The third-order valence-corrected chi connectivity index (χ3v) is 10.9. The number of rotatable bonds is 6. The minimum absolute atomic E-state index is 0.552. The van der Waals surface area contributed by atoms with Crippen LogP contribution in [0.3, 0.4) is 0 Å². The van der Waals surface area contributed by atoms with Gasteiger partial charge >= 0.3 is 0 Å². The number of hydrogen-bond donors (Lipinski definition) is 0. The first-order valence-electron chi connectivity index (χ1n) is 19.2. The lowest BCUT2D eigenvalue weighted by atomic mass is 10.0. The van der Waals surface area contributed by atoms with Crippen LogP contribution < -0.4 is 4.90 Å². The van der Waals surface area contributed by atoms with Crippen molar-refractivity contribution in [3.8, 4) is 34.2 Å². The molecule has 272 valence electrons. The van der Waals surface area contributed by atoms with Crippen LogP contribution in [-0.4, -0.2) is 15.0 Å². The monoisotopic (exact) mass is 746 g/mol. The number of furan rings is 3. The maximum absolute atomic E-state index is 6.73. The van der Waals surface area contributed by atoms with Gasteiger partial charge in [-0.15, -0.1) is 0 Å². The first-order valence-corrected chi connectivity index (χ1v) is 19.2. The van der Waals surface area contributed by atoms with Gasteiger partial charge in [0.25, 0.3) is 0 Å². The molecule has 58 heavy (non-hydrogen) atoms. The van der Waals surface area contributed by atoms with Crippen molar-refractivity contribution in [2.45, 2.75) is 0 Å². The number of hydrogen-bond acceptors (Lipinski definition) is 7. The minimum atomic E-state index is 0.552. The van der Waals surface area contributed by atoms with Gasteiger partial charge in [-0.2, -0.15) is 0 Å². The highest BCUT2D eigenvalue weighted by atomic mass is 16.3. The van der Waals surface area contributed by atoms with Crippen molar-refractivity contribution in [1.29, 1.82) is 0 Å². The fraction of sp³-hybridized carbons (Fsp3) is 0. The summed E-state index contributed by atoms with van der Waals surface area (Å²) in [7, 11) is 0. The lowest BCUT2D eigenvalue weighted by Crippen LogP contribution is -2.10. The van der Waals surface area contributed by atoms with Crippen molar-refractivity contribution in [3.63, 3.8) is 0 Å². The van der Waals surface area contributed by atoms with Crippen molar-refractivity contribution < 1.29 is 13.3 Å². The fourth-order valence-corrected chi connectivity index (χ4v) is 8.35. The van der Waals surface area contributed by atoms with Gasteiger partial charge in [-0.25, -0.2) is 15.0 Å². The number of anilines is 3. The Hall–Kier alpha value is -8.03. The molecule has 0 fully saturated rings. The number of para-hydroxylation sites is 2. The summed E-state index contributed by atoms with van der Waals surface area (Å²) in [5, 5.41) is 5.96. The molecule has 4 aromatic heterocycles.